The number of carbonyl (C=O) groups is 1. The average Bonchev–Trinajstić information content (AvgIpc) is 3.09. The number of hydrogen-bond donors (Lipinski definition) is 3. The molecule has 1 fully saturated rings. The molecule has 7 heteroatoms. The average molecular weight is 369 g/mol. The molecule has 0 aliphatic carbocycles. The van der Waals surface area contributed by atoms with Gasteiger partial charge in [-0.25, -0.2) is 10.2 Å². The van der Waals surface area contributed by atoms with Crippen LogP contribution in [0.25, 0.3) is 0 Å². The molecule has 3 rings (SSSR count). The third-order valence-corrected chi connectivity index (χ3v) is 5.23. The molecule has 1 aromatic carbocycles. The van der Waals surface area contributed by atoms with Crippen LogP contribution in [0.15, 0.2) is 35.1 Å². The first-order valence-corrected chi connectivity index (χ1v) is 9.29. The van der Waals surface area contributed by atoms with E-state index in [0.29, 0.717) is 31.0 Å². The van der Waals surface area contributed by atoms with Gasteiger partial charge in [0.15, 0.2) is 0 Å². The molecule has 2 aromatic rings. The van der Waals surface area contributed by atoms with Gasteiger partial charge in [-0.1, -0.05) is 30.3 Å². The Morgan fingerprint density at radius 1 is 1.26 bits per heavy atom. The molecule has 1 amide bonds. The molecule has 0 radical (unpaired) electrons. The van der Waals surface area contributed by atoms with E-state index in [2.05, 4.69) is 33.0 Å². The molecule has 1 aromatic heterocycles. The molecule has 27 heavy (non-hydrogen) atoms. The van der Waals surface area contributed by atoms with Crippen LogP contribution in [0, 0.1) is 19.8 Å². The molecular formula is C20H27N5O2. The minimum Gasteiger partial charge on any atom is -0.345 e. The number of hydrogen-bond acceptors (Lipinski definition) is 5. The van der Waals surface area contributed by atoms with Gasteiger partial charge >= 0.3 is 5.69 Å². The van der Waals surface area contributed by atoms with Gasteiger partial charge in [-0.2, -0.15) is 4.98 Å². The van der Waals surface area contributed by atoms with Gasteiger partial charge in [0.1, 0.15) is 0 Å². The van der Waals surface area contributed by atoms with Gasteiger partial charge in [-0.3, -0.25) is 10.2 Å². The van der Waals surface area contributed by atoms with Crippen LogP contribution in [0.3, 0.4) is 0 Å². The molecule has 7 nitrogen and oxygen atoms in total. The van der Waals surface area contributed by atoms with E-state index < -0.39 is 0 Å². The molecule has 1 saturated heterocycles. The zero-order valence-electron chi connectivity index (χ0n) is 16.1. The highest BCUT2D eigenvalue weighted by atomic mass is 16.2. The Kier molecular flexibility index (Phi) is 6.03. The molecular weight excluding hydrogens is 342 g/mol. The molecule has 0 saturated carbocycles. The smallest absolute Gasteiger partial charge is 0.345 e. The standard InChI is InChI=1S/C20H27N5O2/c1-13-17(14(2)23-20(27)22-13)9-10-18(26)25(3)12-16-11-21-24-19(16)15-7-5-4-6-8-15/h4-8,16,19,21,24H,9-12H2,1-3H3,(H,22,23,27). The Bertz CT molecular complexity index is 823. The number of nitrogens with one attached hydrogen (secondary N) is 3. The highest BCUT2D eigenvalue weighted by molar-refractivity contribution is 5.76. The van der Waals surface area contributed by atoms with Crippen molar-refractivity contribution >= 4 is 5.91 Å². The Labute approximate surface area is 159 Å². The molecule has 3 N–H and O–H groups in total. The first kappa shape index (κ1) is 19.3. The lowest BCUT2D eigenvalue weighted by Crippen LogP contribution is -2.35. The molecule has 0 bridgehead atoms. The van der Waals surface area contributed by atoms with Crippen molar-refractivity contribution in [2.45, 2.75) is 32.7 Å². The van der Waals surface area contributed by atoms with Crippen LogP contribution in [0.2, 0.25) is 0 Å². The van der Waals surface area contributed by atoms with Crippen LogP contribution in [0.5, 0.6) is 0 Å². The molecule has 2 atom stereocenters. The summed E-state index contributed by atoms with van der Waals surface area (Å²) in [5.41, 5.74) is 9.84. The number of H-pyrrole nitrogens is 1. The SMILES string of the molecule is Cc1nc(=O)[nH]c(C)c1CCC(=O)N(C)CC1CNNC1c1ccccc1. The van der Waals surface area contributed by atoms with Crippen molar-refractivity contribution in [3.05, 3.63) is 63.3 Å². The van der Waals surface area contributed by atoms with E-state index >= 15 is 0 Å². The third kappa shape index (κ3) is 4.61. The van der Waals surface area contributed by atoms with E-state index in [4.69, 9.17) is 0 Å². The summed E-state index contributed by atoms with van der Waals surface area (Å²) in [5.74, 6) is 0.401. The minimum atomic E-state index is -0.342. The first-order chi connectivity index (χ1) is 13.0. The monoisotopic (exact) mass is 369 g/mol. The molecule has 144 valence electrons. The van der Waals surface area contributed by atoms with E-state index in [1.54, 1.807) is 4.90 Å². The fourth-order valence-corrected chi connectivity index (χ4v) is 3.72. The summed E-state index contributed by atoms with van der Waals surface area (Å²) in [5, 5.41) is 0. The van der Waals surface area contributed by atoms with E-state index in [1.807, 2.05) is 39.1 Å². The maximum Gasteiger partial charge on any atom is 0.345 e. The number of carbonyl (C=O) groups excluding carboxylic acids is 1. The molecule has 0 spiro atoms. The second kappa shape index (κ2) is 8.45. The van der Waals surface area contributed by atoms with Gasteiger partial charge in [0, 0.05) is 43.9 Å². The van der Waals surface area contributed by atoms with Crippen LogP contribution in [0.4, 0.5) is 0 Å². The predicted octanol–water partition coefficient (Wildman–Crippen LogP) is 1.24. The van der Waals surface area contributed by atoms with Crippen molar-refractivity contribution in [2.75, 3.05) is 20.1 Å². The summed E-state index contributed by atoms with van der Waals surface area (Å²) in [4.78, 5) is 32.5. The van der Waals surface area contributed by atoms with Crippen molar-refractivity contribution in [3.8, 4) is 0 Å². The number of hydrazine groups is 1. The summed E-state index contributed by atoms with van der Waals surface area (Å²) in [6.07, 6.45) is 0.976. The Morgan fingerprint density at radius 3 is 2.70 bits per heavy atom. The van der Waals surface area contributed by atoms with Gasteiger partial charge in [-0.05, 0) is 31.4 Å². The van der Waals surface area contributed by atoms with Crippen molar-refractivity contribution in [1.29, 1.82) is 0 Å². The van der Waals surface area contributed by atoms with Crippen LogP contribution in [-0.2, 0) is 11.2 Å². The number of amides is 1. The van der Waals surface area contributed by atoms with Crippen LogP contribution in [-0.4, -0.2) is 40.9 Å². The maximum absolute atomic E-state index is 12.6. The summed E-state index contributed by atoms with van der Waals surface area (Å²) < 4.78 is 0. The lowest BCUT2D eigenvalue weighted by molar-refractivity contribution is -0.130. The van der Waals surface area contributed by atoms with Crippen molar-refractivity contribution < 1.29 is 4.79 Å². The normalized spacial score (nSPS) is 19.2. The van der Waals surface area contributed by atoms with Crippen molar-refractivity contribution in [1.82, 2.24) is 25.7 Å². The number of aromatic amines is 1. The Balaban J connectivity index is 1.59. The zero-order valence-corrected chi connectivity index (χ0v) is 16.1. The van der Waals surface area contributed by atoms with Crippen molar-refractivity contribution in [2.24, 2.45) is 5.92 Å². The van der Waals surface area contributed by atoms with Crippen LogP contribution < -0.4 is 16.5 Å². The second-order valence-electron chi connectivity index (χ2n) is 7.18. The summed E-state index contributed by atoms with van der Waals surface area (Å²) in [6, 6.07) is 10.5. The zero-order chi connectivity index (χ0) is 19.4. The predicted molar refractivity (Wildman–Crippen MR) is 104 cm³/mol. The van der Waals surface area contributed by atoms with Gasteiger partial charge < -0.3 is 9.88 Å². The number of aromatic nitrogens is 2. The molecule has 1 aliphatic heterocycles. The fraction of sp³-hybridized carbons (Fsp3) is 0.450. The second-order valence-corrected chi connectivity index (χ2v) is 7.18. The van der Waals surface area contributed by atoms with Crippen molar-refractivity contribution in [3.63, 3.8) is 0 Å². The Morgan fingerprint density at radius 2 is 2.00 bits per heavy atom. The first-order valence-electron chi connectivity index (χ1n) is 9.29. The largest absolute Gasteiger partial charge is 0.345 e. The highest BCUT2D eigenvalue weighted by Gasteiger charge is 2.30. The van der Waals surface area contributed by atoms with E-state index in [9.17, 15) is 9.59 Å². The minimum absolute atomic E-state index is 0.0960. The topological polar surface area (TPSA) is 90.1 Å². The third-order valence-electron chi connectivity index (χ3n) is 5.23. The van der Waals surface area contributed by atoms with Crippen LogP contribution in [0.1, 0.15) is 35.0 Å². The van der Waals surface area contributed by atoms with E-state index in [0.717, 1.165) is 17.8 Å². The van der Waals surface area contributed by atoms with E-state index in [1.165, 1.54) is 5.56 Å². The summed E-state index contributed by atoms with van der Waals surface area (Å²) in [6.45, 7) is 5.16. The molecule has 2 unspecified atom stereocenters. The van der Waals surface area contributed by atoms with E-state index in [-0.39, 0.29) is 17.6 Å². The van der Waals surface area contributed by atoms with Gasteiger partial charge in [0.25, 0.3) is 0 Å². The summed E-state index contributed by atoms with van der Waals surface area (Å²) in [7, 11) is 1.85. The number of nitrogens with zero attached hydrogens (tertiary/aromatic N) is 2. The number of aryl methyl sites for hydroxylation is 2. The molecule has 2 heterocycles. The highest BCUT2D eigenvalue weighted by Crippen LogP contribution is 2.25. The lowest BCUT2D eigenvalue weighted by Gasteiger charge is -2.25. The quantitative estimate of drug-likeness (QED) is 0.713. The maximum atomic E-state index is 12.6. The summed E-state index contributed by atoms with van der Waals surface area (Å²) >= 11 is 0. The van der Waals surface area contributed by atoms with Crippen LogP contribution >= 0.6 is 0 Å². The Hall–Kier alpha value is -2.51. The number of benzene rings is 1. The van der Waals surface area contributed by atoms with Gasteiger partial charge in [0.2, 0.25) is 5.91 Å². The number of rotatable bonds is 6. The molecule has 1 aliphatic rings. The van der Waals surface area contributed by atoms with Gasteiger partial charge in [-0.15, -0.1) is 0 Å². The van der Waals surface area contributed by atoms with Gasteiger partial charge in [0.05, 0.1) is 6.04 Å². The fourth-order valence-electron chi connectivity index (χ4n) is 3.72. The lowest BCUT2D eigenvalue weighted by atomic mass is 9.94.